The Morgan fingerprint density at radius 2 is 1.68 bits per heavy atom. The number of rotatable bonds is 5. The van der Waals surface area contributed by atoms with Gasteiger partial charge < -0.3 is 10.6 Å². The number of sulfonamides is 1. The van der Waals surface area contributed by atoms with E-state index in [-0.39, 0.29) is 16.7 Å². The molecule has 9 heteroatoms. The molecule has 0 saturated carbocycles. The third-order valence-electron chi connectivity index (χ3n) is 6.45. The van der Waals surface area contributed by atoms with E-state index in [1.54, 1.807) is 7.05 Å². The highest BCUT2D eigenvalue weighted by Gasteiger charge is 2.29. The van der Waals surface area contributed by atoms with Gasteiger partial charge in [-0.2, -0.15) is 4.31 Å². The maximum atomic E-state index is 13.2. The van der Waals surface area contributed by atoms with Crippen molar-refractivity contribution in [3.63, 3.8) is 0 Å². The van der Waals surface area contributed by atoms with Crippen LogP contribution in [-0.4, -0.2) is 38.1 Å². The van der Waals surface area contributed by atoms with Gasteiger partial charge in [-0.15, -0.1) is 11.3 Å². The number of benzene rings is 2. The summed E-state index contributed by atoms with van der Waals surface area (Å²) in [7, 11) is -2.10. The first kappa shape index (κ1) is 22.8. The topological polar surface area (TPSA) is 95.6 Å². The maximum absolute atomic E-state index is 13.2. The molecule has 1 aliphatic carbocycles. The monoisotopic (exact) mass is 495 g/mol. The zero-order valence-electron chi connectivity index (χ0n) is 18.8. The van der Waals surface area contributed by atoms with Crippen LogP contribution in [0.25, 0.3) is 0 Å². The first-order valence-electron chi connectivity index (χ1n) is 11.2. The minimum absolute atomic E-state index is 0.157. The summed E-state index contributed by atoms with van der Waals surface area (Å²) in [4.78, 5) is 26.6. The molecule has 2 aliphatic rings. The highest BCUT2D eigenvalue weighted by atomic mass is 32.2. The standard InChI is InChI=1S/C25H25N3O4S2/c1-26-24(30)22-20-7-4-8-21(20)33-25(22)27-23(29)17-9-11-19(12-10-17)34(31,32)28-14-13-16-5-2-3-6-18(16)15-28/h2-3,5-6,9-12H,4,7-8,13-15H2,1H3,(H,26,30)(H,27,29). The Hall–Kier alpha value is -3.01. The molecule has 0 unspecified atom stereocenters. The number of anilines is 1. The second kappa shape index (κ2) is 8.98. The first-order valence-corrected chi connectivity index (χ1v) is 13.5. The van der Waals surface area contributed by atoms with E-state index in [2.05, 4.69) is 10.6 Å². The number of thiophene rings is 1. The summed E-state index contributed by atoms with van der Waals surface area (Å²) in [6.45, 7) is 0.763. The molecule has 0 radical (unpaired) electrons. The van der Waals surface area contributed by atoms with Gasteiger partial charge >= 0.3 is 0 Å². The number of nitrogens with one attached hydrogen (secondary N) is 2. The van der Waals surface area contributed by atoms with Gasteiger partial charge in [0.25, 0.3) is 11.8 Å². The van der Waals surface area contributed by atoms with Crippen molar-refractivity contribution < 1.29 is 18.0 Å². The molecule has 2 amide bonds. The smallest absolute Gasteiger partial charge is 0.256 e. The molecule has 34 heavy (non-hydrogen) atoms. The van der Waals surface area contributed by atoms with Crippen LogP contribution in [0.1, 0.15) is 48.7 Å². The fourth-order valence-corrected chi connectivity index (χ4v) is 7.34. The number of fused-ring (bicyclic) bond motifs is 2. The van der Waals surface area contributed by atoms with Crippen molar-refractivity contribution in [2.45, 2.75) is 37.1 Å². The lowest BCUT2D eigenvalue weighted by molar-refractivity contribution is 0.0963. The zero-order chi connectivity index (χ0) is 23.9. The van der Waals surface area contributed by atoms with Crippen molar-refractivity contribution in [2.75, 3.05) is 18.9 Å². The van der Waals surface area contributed by atoms with Gasteiger partial charge in [0.1, 0.15) is 5.00 Å². The highest BCUT2D eigenvalue weighted by molar-refractivity contribution is 7.89. The third kappa shape index (κ3) is 4.04. The zero-order valence-corrected chi connectivity index (χ0v) is 20.4. The molecule has 176 valence electrons. The summed E-state index contributed by atoms with van der Waals surface area (Å²) < 4.78 is 27.8. The summed E-state index contributed by atoms with van der Waals surface area (Å²) in [5, 5.41) is 6.06. The highest BCUT2D eigenvalue weighted by Crippen LogP contribution is 2.39. The van der Waals surface area contributed by atoms with Gasteiger partial charge in [-0.3, -0.25) is 9.59 Å². The fraction of sp³-hybridized carbons (Fsp3) is 0.280. The molecule has 2 N–H and O–H groups in total. The van der Waals surface area contributed by atoms with Gasteiger partial charge in [0, 0.05) is 30.6 Å². The average molecular weight is 496 g/mol. The van der Waals surface area contributed by atoms with E-state index >= 15 is 0 Å². The largest absolute Gasteiger partial charge is 0.355 e. The average Bonchev–Trinajstić information content (AvgIpc) is 3.44. The van der Waals surface area contributed by atoms with E-state index in [1.807, 2.05) is 24.3 Å². The van der Waals surface area contributed by atoms with Gasteiger partial charge in [-0.1, -0.05) is 24.3 Å². The molecule has 7 nitrogen and oxygen atoms in total. The Bertz CT molecular complexity index is 1380. The van der Waals surface area contributed by atoms with Crippen molar-refractivity contribution in [2.24, 2.45) is 0 Å². The SMILES string of the molecule is CNC(=O)c1c(NC(=O)c2ccc(S(=O)(=O)N3CCc4ccccc4C3)cc2)sc2c1CCC2. The third-order valence-corrected chi connectivity index (χ3v) is 9.52. The lowest BCUT2D eigenvalue weighted by atomic mass is 10.0. The fourth-order valence-electron chi connectivity index (χ4n) is 4.64. The molecule has 2 heterocycles. The van der Waals surface area contributed by atoms with E-state index in [0.29, 0.717) is 35.6 Å². The Morgan fingerprint density at radius 1 is 0.941 bits per heavy atom. The van der Waals surface area contributed by atoms with Crippen molar-refractivity contribution in [3.8, 4) is 0 Å². The van der Waals surface area contributed by atoms with Crippen molar-refractivity contribution >= 4 is 38.2 Å². The predicted molar refractivity (Wildman–Crippen MR) is 132 cm³/mol. The predicted octanol–water partition coefficient (Wildman–Crippen LogP) is 3.60. The van der Waals surface area contributed by atoms with Crippen LogP contribution in [-0.2, 0) is 35.8 Å². The van der Waals surface area contributed by atoms with Gasteiger partial charge in [0.15, 0.2) is 0 Å². The summed E-state index contributed by atoms with van der Waals surface area (Å²) >= 11 is 1.44. The maximum Gasteiger partial charge on any atom is 0.256 e. The van der Waals surface area contributed by atoms with Crippen LogP contribution in [0.5, 0.6) is 0 Å². The van der Waals surface area contributed by atoms with Crippen LogP contribution in [0.15, 0.2) is 53.4 Å². The van der Waals surface area contributed by atoms with Crippen LogP contribution in [0.4, 0.5) is 5.00 Å². The van der Waals surface area contributed by atoms with Crippen molar-refractivity contribution in [1.82, 2.24) is 9.62 Å². The van der Waals surface area contributed by atoms with E-state index in [0.717, 1.165) is 35.3 Å². The van der Waals surface area contributed by atoms with E-state index in [9.17, 15) is 18.0 Å². The van der Waals surface area contributed by atoms with Gasteiger partial charge in [0.05, 0.1) is 10.5 Å². The summed E-state index contributed by atoms with van der Waals surface area (Å²) in [6, 6.07) is 13.8. The second-order valence-electron chi connectivity index (χ2n) is 8.48. The van der Waals surface area contributed by atoms with Crippen LogP contribution in [0.2, 0.25) is 0 Å². The minimum Gasteiger partial charge on any atom is -0.355 e. The molecule has 5 rings (SSSR count). The lowest BCUT2D eigenvalue weighted by Gasteiger charge is -2.28. The summed E-state index contributed by atoms with van der Waals surface area (Å²) in [5.74, 6) is -0.583. The molecular weight excluding hydrogens is 470 g/mol. The molecule has 1 aliphatic heterocycles. The number of aryl methyl sites for hydroxylation is 1. The Kier molecular flexibility index (Phi) is 6.01. The molecule has 0 saturated heterocycles. The van der Waals surface area contributed by atoms with Crippen molar-refractivity contribution in [1.29, 1.82) is 0 Å². The Labute approximate surface area is 202 Å². The van der Waals surface area contributed by atoms with Gasteiger partial charge in [-0.25, -0.2) is 8.42 Å². The Balaban J connectivity index is 1.34. The minimum atomic E-state index is -3.67. The van der Waals surface area contributed by atoms with Crippen LogP contribution < -0.4 is 10.6 Å². The normalized spacial score (nSPS) is 15.4. The number of carbonyl (C=O) groups is 2. The van der Waals surface area contributed by atoms with Crippen LogP contribution >= 0.6 is 11.3 Å². The second-order valence-corrected chi connectivity index (χ2v) is 11.5. The number of carbonyl (C=O) groups excluding carboxylic acids is 2. The number of amides is 2. The summed E-state index contributed by atoms with van der Waals surface area (Å²) in [6.07, 6.45) is 3.43. The van der Waals surface area contributed by atoms with E-state index < -0.39 is 10.0 Å². The van der Waals surface area contributed by atoms with Crippen molar-refractivity contribution in [3.05, 3.63) is 81.2 Å². The van der Waals surface area contributed by atoms with Crippen LogP contribution in [0.3, 0.4) is 0 Å². The molecule has 0 fully saturated rings. The number of nitrogens with zero attached hydrogens (tertiary/aromatic N) is 1. The quantitative estimate of drug-likeness (QED) is 0.565. The first-order chi connectivity index (χ1) is 16.4. The molecule has 0 atom stereocenters. The van der Waals surface area contributed by atoms with Gasteiger partial charge in [-0.05, 0) is 66.6 Å². The molecular formula is C25H25N3O4S2. The summed E-state index contributed by atoms with van der Waals surface area (Å²) in [5.41, 5.74) is 4.08. The number of hydrogen-bond acceptors (Lipinski definition) is 5. The van der Waals surface area contributed by atoms with E-state index in [4.69, 9.17) is 0 Å². The number of hydrogen-bond donors (Lipinski definition) is 2. The van der Waals surface area contributed by atoms with Crippen LogP contribution in [0, 0.1) is 0 Å². The molecule has 3 aromatic rings. The van der Waals surface area contributed by atoms with E-state index in [1.165, 1.54) is 45.5 Å². The molecule has 0 spiro atoms. The van der Waals surface area contributed by atoms with Gasteiger partial charge in [0.2, 0.25) is 10.0 Å². The molecule has 1 aromatic heterocycles. The lowest BCUT2D eigenvalue weighted by Crippen LogP contribution is -2.35. The molecule has 0 bridgehead atoms. The molecule has 2 aromatic carbocycles. The Morgan fingerprint density at radius 3 is 2.41 bits per heavy atom.